The fourth-order valence-corrected chi connectivity index (χ4v) is 4.33. The predicted octanol–water partition coefficient (Wildman–Crippen LogP) is 2.06. The number of ether oxygens (including phenoxy) is 1. The molecule has 0 saturated heterocycles. The molecule has 2 heterocycles. The molecule has 9 nitrogen and oxygen atoms in total. The number of benzene rings is 1. The van der Waals surface area contributed by atoms with Crippen molar-refractivity contribution in [1.82, 2.24) is 19.9 Å². The van der Waals surface area contributed by atoms with E-state index >= 15 is 0 Å². The molecule has 154 valence electrons. The highest BCUT2D eigenvalue weighted by Crippen LogP contribution is 2.31. The van der Waals surface area contributed by atoms with Crippen LogP contribution in [0.1, 0.15) is 18.5 Å². The average molecular weight is 425 g/mol. The second-order valence-electron chi connectivity index (χ2n) is 6.82. The average Bonchev–Trinajstić information content (AvgIpc) is 3.60. The maximum Gasteiger partial charge on any atom is 0.247 e. The molecule has 2 aromatic heterocycles. The maximum atomic E-state index is 12.4. The van der Waals surface area contributed by atoms with Crippen LogP contribution in [0.25, 0.3) is 11.3 Å². The number of rotatable bonds is 7. The number of nitrogens with one attached hydrogen (secondary N) is 1. The number of aromatic nitrogens is 4. The Bertz CT molecular complexity index is 1180. The number of anilines is 1. The first-order chi connectivity index (χ1) is 14.5. The van der Waals surface area contributed by atoms with Gasteiger partial charge in [0.15, 0.2) is 0 Å². The number of carbonyl (C=O) groups is 1. The van der Waals surface area contributed by atoms with Gasteiger partial charge in [-0.15, -0.1) is 0 Å². The minimum absolute atomic E-state index is 0.0567. The standard InChI is InChI=1S/C20H19N5O4S/c1-29-19-12-21-11-17(25-19)13-2-4-14(5-3-13)23-18(26)10-15-8-9-22-20(24-15)30(27,28)16-6-7-16/h2-5,8-9,11-12,16H,6-7,10H2,1H3,(H,23,26). The second kappa shape index (κ2) is 8.15. The lowest BCUT2D eigenvalue weighted by atomic mass is 10.1. The van der Waals surface area contributed by atoms with Crippen LogP contribution >= 0.6 is 0 Å². The van der Waals surface area contributed by atoms with Gasteiger partial charge in [-0.2, -0.15) is 0 Å². The summed E-state index contributed by atoms with van der Waals surface area (Å²) in [6, 6.07) is 8.65. The van der Waals surface area contributed by atoms with E-state index in [1.54, 1.807) is 18.3 Å². The Morgan fingerprint density at radius 3 is 2.60 bits per heavy atom. The summed E-state index contributed by atoms with van der Waals surface area (Å²) >= 11 is 0. The molecular weight excluding hydrogens is 406 g/mol. The SMILES string of the molecule is COc1cncc(-c2ccc(NC(=O)Cc3ccnc(S(=O)(=O)C4CC4)n3)cc2)n1. The van der Waals surface area contributed by atoms with Crippen LogP contribution in [0.5, 0.6) is 5.88 Å². The minimum Gasteiger partial charge on any atom is -0.480 e. The van der Waals surface area contributed by atoms with Gasteiger partial charge in [0, 0.05) is 17.4 Å². The highest BCUT2D eigenvalue weighted by Gasteiger charge is 2.39. The topological polar surface area (TPSA) is 124 Å². The first-order valence-corrected chi connectivity index (χ1v) is 10.8. The smallest absolute Gasteiger partial charge is 0.247 e. The number of amides is 1. The van der Waals surface area contributed by atoms with Gasteiger partial charge in [-0.3, -0.25) is 9.78 Å². The summed E-state index contributed by atoms with van der Waals surface area (Å²) in [6.45, 7) is 0. The molecule has 1 aliphatic rings. The zero-order valence-electron chi connectivity index (χ0n) is 16.1. The van der Waals surface area contributed by atoms with E-state index in [-0.39, 0.29) is 17.5 Å². The Kier molecular flexibility index (Phi) is 5.40. The molecular formula is C20H19N5O4S. The lowest BCUT2D eigenvalue weighted by Crippen LogP contribution is -2.17. The summed E-state index contributed by atoms with van der Waals surface area (Å²) in [6.07, 6.45) is 5.72. The Morgan fingerprint density at radius 2 is 1.90 bits per heavy atom. The summed E-state index contributed by atoms with van der Waals surface area (Å²) < 4.78 is 29.6. The van der Waals surface area contributed by atoms with E-state index in [9.17, 15) is 13.2 Å². The molecule has 0 atom stereocenters. The Balaban J connectivity index is 1.42. The van der Waals surface area contributed by atoms with Crippen LogP contribution in [0.15, 0.2) is 54.1 Å². The zero-order valence-corrected chi connectivity index (χ0v) is 17.0. The van der Waals surface area contributed by atoms with Crippen LogP contribution in [0, 0.1) is 0 Å². The second-order valence-corrected chi connectivity index (χ2v) is 8.95. The number of hydrogen-bond donors (Lipinski definition) is 1. The molecule has 0 radical (unpaired) electrons. The van der Waals surface area contributed by atoms with Crippen molar-refractivity contribution in [2.75, 3.05) is 12.4 Å². The van der Waals surface area contributed by atoms with Gasteiger partial charge in [-0.1, -0.05) is 12.1 Å². The fraction of sp³-hybridized carbons (Fsp3) is 0.250. The van der Waals surface area contributed by atoms with Crippen molar-refractivity contribution < 1.29 is 17.9 Å². The van der Waals surface area contributed by atoms with Crippen molar-refractivity contribution in [3.8, 4) is 17.1 Å². The fourth-order valence-electron chi connectivity index (χ4n) is 2.82. The van der Waals surface area contributed by atoms with E-state index < -0.39 is 15.1 Å². The third-order valence-corrected chi connectivity index (χ3v) is 6.59. The number of hydrogen-bond acceptors (Lipinski definition) is 8. The van der Waals surface area contributed by atoms with Gasteiger partial charge in [-0.25, -0.2) is 23.4 Å². The summed E-state index contributed by atoms with van der Waals surface area (Å²) in [5.74, 6) is 0.107. The van der Waals surface area contributed by atoms with Crippen molar-refractivity contribution in [2.24, 2.45) is 0 Å². The third kappa shape index (κ3) is 4.43. The highest BCUT2D eigenvalue weighted by molar-refractivity contribution is 7.92. The predicted molar refractivity (Wildman–Crippen MR) is 109 cm³/mol. The van der Waals surface area contributed by atoms with Crippen LogP contribution in [0.4, 0.5) is 5.69 Å². The van der Waals surface area contributed by atoms with E-state index in [1.807, 2.05) is 12.1 Å². The molecule has 10 heteroatoms. The van der Waals surface area contributed by atoms with Gasteiger partial charge in [0.25, 0.3) is 0 Å². The molecule has 3 aromatic rings. The molecule has 30 heavy (non-hydrogen) atoms. The minimum atomic E-state index is -3.49. The summed E-state index contributed by atoms with van der Waals surface area (Å²) in [4.78, 5) is 28.7. The molecule has 0 bridgehead atoms. The van der Waals surface area contributed by atoms with Crippen molar-refractivity contribution in [3.63, 3.8) is 0 Å². The normalized spacial score (nSPS) is 13.6. The van der Waals surface area contributed by atoms with Crippen molar-refractivity contribution in [3.05, 3.63) is 54.6 Å². The molecule has 0 spiro atoms. The molecule has 1 aromatic carbocycles. The van der Waals surface area contributed by atoms with Gasteiger partial charge in [0.1, 0.15) is 0 Å². The Morgan fingerprint density at radius 1 is 1.13 bits per heavy atom. The number of carbonyl (C=O) groups excluding carboxylic acids is 1. The number of sulfone groups is 1. The number of methoxy groups -OCH3 is 1. The van der Waals surface area contributed by atoms with Crippen molar-refractivity contribution in [2.45, 2.75) is 29.7 Å². The van der Waals surface area contributed by atoms with E-state index in [0.717, 1.165) is 5.56 Å². The molecule has 1 N–H and O–H groups in total. The number of nitrogens with zero attached hydrogens (tertiary/aromatic N) is 4. The Hall–Kier alpha value is -3.40. The van der Waals surface area contributed by atoms with Crippen LogP contribution in [-0.2, 0) is 21.1 Å². The Labute approximate surface area is 173 Å². The van der Waals surface area contributed by atoms with Crippen LogP contribution in [-0.4, -0.2) is 46.6 Å². The molecule has 1 saturated carbocycles. The van der Waals surface area contributed by atoms with Gasteiger partial charge in [0.2, 0.25) is 26.8 Å². The van der Waals surface area contributed by atoms with E-state index in [1.165, 1.54) is 25.6 Å². The van der Waals surface area contributed by atoms with Gasteiger partial charge >= 0.3 is 0 Å². The van der Waals surface area contributed by atoms with E-state index in [2.05, 4.69) is 25.3 Å². The van der Waals surface area contributed by atoms with Gasteiger partial charge in [0.05, 0.1) is 42.6 Å². The molecule has 0 aliphatic heterocycles. The molecule has 1 aliphatic carbocycles. The molecule has 4 rings (SSSR count). The van der Waals surface area contributed by atoms with Gasteiger partial charge < -0.3 is 10.1 Å². The lowest BCUT2D eigenvalue weighted by Gasteiger charge is -2.08. The van der Waals surface area contributed by atoms with E-state index in [0.29, 0.717) is 35.8 Å². The first-order valence-electron chi connectivity index (χ1n) is 9.28. The van der Waals surface area contributed by atoms with Gasteiger partial charge in [-0.05, 0) is 31.0 Å². The van der Waals surface area contributed by atoms with Crippen LogP contribution in [0.2, 0.25) is 0 Å². The summed E-state index contributed by atoms with van der Waals surface area (Å²) in [7, 11) is -1.97. The summed E-state index contributed by atoms with van der Waals surface area (Å²) in [5, 5.41) is 2.17. The van der Waals surface area contributed by atoms with E-state index in [4.69, 9.17) is 4.74 Å². The zero-order chi connectivity index (χ0) is 21.1. The third-order valence-electron chi connectivity index (χ3n) is 4.54. The van der Waals surface area contributed by atoms with Crippen LogP contribution in [0.3, 0.4) is 0 Å². The molecule has 1 fully saturated rings. The van der Waals surface area contributed by atoms with Crippen LogP contribution < -0.4 is 10.1 Å². The monoisotopic (exact) mass is 425 g/mol. The maximum absolute atomic E-state index is 12.4. The summed E-state index contributed by atoms with van der Waals surface area (Å²) in [5.41, 5.74) is 2.42. The molecule has 1 amide bonds. The molecule has 0 unspecified atom stereocenters. The van der Waals surface area contributed by atoms with Crippen molar-refractivity contribution in [1.29, 1.82) is 0 Å². The lowest BCUT2D eigenvalue weighted by molar-refractivity contribution is -0.115. The largest absolute Gasteiger partial charge is 0.480 e. The van der Waals surface area contributed by atoms with Crippen molar-refractivity contribution >= 4 is 21.4 Å². The quantitative estimate of drug-likeness (QED) is 0.571. The highest BCUT2D eigenvalue weighted by atomic mass is 32.2. The first kappa shape index (κ1) is 19.9.